The van der Waals surface area contributed by atoms with Crippen LogP contribution in [0.1, 0.15) is 53.7 Å². The Bertz CT molecular complexity index is 1420. The van der Waals surface area contributed by atoms with Crippen molar-refractivity contribution < 1.29 is 22.2 Å². The normalized spacial score (nSPS) is 13.4. The minimum absolute atomic E-state index is 0.128. The summed E-state index contributed by atoms with van der Waals surface area (Å²) in [5.41, 5.74) is 11.3. The van der Waals surface area contributed by atoms with E-state index < -0.39 is 15.9 Å². The zero-order valence-corrected chi connectivity index (χ0v) is 19.7. The maximum atomic E-state index is 13.1. The lowest BCUT2D eigenvalue weighted by Crippen LogP contribution is -2.26. The van der Waals surface area contributed by atoms with Gasteiger partial charge in [0.15, 0.2) is 0 Å². The summed E-state index contributed by atoms with van der Waals surface area (Å²) in [6, 6.07) is 21.7. The first kappa shape index (κ1) is 23.4. The van der Waals surface area contributed by atoms with Crippen molar-refractivity contribution in [2.45, 2.75) is 37.0 Å². The first-order valence-electron chi connectivity index (χ1n) is 11.0. The summed E-state index contributed by atoms with van der Waals surface area (Å²) in [6.45, 7) is 4.29. The van der Waals surface area contributed by atoms with Crippen LogP contribution in [0, 0.1) is 0 Å². The fourth-order valence-corrected chi connectivity index (χ4v) is 5.72. The van der Waals surface area contributed by atoms with Gasteiger partial charge in [-0.25, -0.2) is 0 Å². The molecule has 0 amide bonds. The van der Waals surface area contributed by atoms with Crippen LogP contribution >= 0.6 is 0 Å². The molecular weight excluding hydrogens is 448 g/mol. The average molecular weight is 473 g/mol. The lowest BCUT2D eigenvalue weighted by molar-refractivity contribution is -0.00436. The second-order valence-electron chi connectivity index (χ2n) is 8.08. The Morgan fingerprint density at radius 2 is 1.50 bits per heavy atom. The predicted molar refractivity (Wildman–Crippen MR) is 130 cm³/mol. The van der Waals surface area contributed by atoms with Crippen LogP contribution in [-0.2, 0) is 15.5 Å². The second-order valence-corrected chi connectivity index (χ2v) is 9.60. The zero-order valence-electron chi connectivity index (χ0n) is 18.9. The Labute approximate surface area is 199 Å². The van der Waals surface area contributed by atoms with Crippen molar-refractivity contribution in [3.8, 4) is 5.75 Å². The largest absolute Gasteiger partial charge is 0.379 e. The molecule has 0 aliphatic heterocycles. The van der Waals surface area contributed by atoms with Gasteiger partial charge < -0.3 is 9.71 Å². The number of Topliss-reactive ketones (excluding diaryl/α,β-unsaturated/α-hetero) is 1. The molecule has 3 aromatic rings. The highest BCUT2D eigenvalue weighted by Gasteiger charge is 2.32. The number of rotatable bonds is 7. The molecule has 34 heavy (non-hydrogen) atoms. The first-order valence-corrected chi connectivity index (χ1v) is 12.5. The van der Waals surface area contributed by atoms with Crippen molar-refractivity contribution in [3.63, 3.8) is 0 Å². The monoisotopic (exact) mass is 472 g/mol. The van der Waals surface area contributed by atoms with E-state index in [9.17, 15) is 13.2 Å². The summed E-state index contributed by atoms with van der Waals surface area (Å²) in [7, 11) is -4.22. The minimum atomic E-state index is -4.22. The van der Waals surface area contributed by atoms with Gasteiger partial charge in [0.1, 0.15) is 10.6 Å². The van der Waals surface area contributed by atoms with Crippen LogP contribution in [0.5, 0.6) is 5.75 Å². The van der Waals surface area contributed by atoms with Gasteiger partial charge in [0, 0.05) is 22.6 Å². The first-order chi connectivity index (χ1) is 16.4. The van der Waals surface area contributed by atoms with E-state index in [0.29, 0.717) is 0 Å². The van der Waals surface area contributed by atoms with Crippen LogP contribution in [0.3, 0.4) is 0 Å². The van der Waals surface area contributed by atoms with Crippen LogP contribution in [-0.4, -0.2) is 24.7 Å². The molecule has 172 valence electrons. The van der Waals surface area contributed by atoms with Crippen molar-refractivity contribution in [3.05, 3.63) is 107 Å². The van der Waals surface area contributed by atoms with Gasteiger partial charge in [-0.3, -0.25) is 4.79 Å². The van der Waals surface area contributed by atoms with Crippen molar-refractivity contribution in [1.29, 1.82) is 0 Å². The molecule has 0 bridgehead atoms. The Morgan fingerprint density at radius 3 is 2.12 bits per heavy atom. The topological polar surface area (TPSA) is 96.8 Å². The number of hydrogen-bond acceptors (Lipinski definition) is 4. The van der Waals surface area contributed by atoms with E-state index in [-0.39, 0.29) is 32.9 Å². The summed E-state index contributed by atoms with van der Waals surface area (Å²) < 4.78 is 31.6. The van der Waals surface area contributed by atoms with Crippen molar-refractivity contribution in [2.24, 2.45) is 0 Å². The van der Waals surface area contributed by atoms with Crippen molar-refractivity contribution >= 4 is 27.7 Å². The average Bonchev–Trinajstić information content (AvgIpc) is 2.86. The van der Waals surface area contributed by atoms with Crippen molar-refractivity contribution in [2.75, 3.05) is 0 Å². The molecule has 4 rings (SSSR count). The lowest BCUT2D eigenvalue weighted by Gasteiger charge is -2.33. The van der Waals surface area contributed by atoms with E-state index in [4.69, 9.17) is 9.71 Å². The zero-order chi connectivity index (χ0) is 24.3. The summed E-state index contributed by atoms with van der Waals surface area (Å²) >= 11 is 0. The predicted octanol–water partition coefficient (Wildman–Crippen LogP) is 5.44. The SMILES string of the molecule is CCC(CC)(c1ccccc1)c1ccc(OS(=O)(=O)c2cccc3c2C=CC(=[N+]=[N-])C3=O)cc1. The third kappa shape index (κ3) is 4.00. The highest BCUT2D eigenvalue weighted by molar-refractivity contribution is 7.87. The van der Waals surface area contributed by atoms with Crippen LogP contribution in [0.4, 0.5) is 0 Å². The Hall–Kier alpha value is -3.80. The number of hydrogen-bond donors (Lipinski definition) is 0. The molecule has 3 aromatic carbocycles. The summed E-state index contributed by atoms with van der Waals surface area (Å²) in [4.78, 5) is 15.2. The van der Waals surface area contributed by atoms with Crippen molar-refractivity contribution in [1.82, 2.24) is 0 Å². The molecule has 0 spiro atoms. The quantitative estimate of drug-likeness (QED) is 0.260. The summed E-state index contributed by atoms with van der Waals surface area (Å²) in [6.07, 6.45) is 4.49. The van der Waals surface area contributed by atoms with Crippen LogP contribution in [0.25, 0.3) is 11.6 Å². The third-order valence-corrected chi connectivity index (χ3v) is 7.78. The molecule has 0 saturated carbocycles. The third-order valence-electron chi connectivity index (χ3n) is 6.47. The number of nitrogens with zero attached hydrogens (tertiary/aromatic N) is 2. The fraction of sp³-hybridized carbons (Fsp3) is 0.185. The standard InChI is InChI=1S/C27H24N2O4S/c1-3-27(4-2,19-9-6-5-7-10-19)20-13-15-21(16-14-20)33-34(31,32)25-12-8-11-23-22(25)17-18-24(29-28)26(23)30/h5-18H,3-4H2,1-2H3. The van der Waals surface area contributed by atoms with Gasteiger partial charge in [0.05, 0.1) is 0 Å². The van der Waals surface area contributed by atoms with Gasteiger partial charge in [-0.2, -0.15) is 13.2 Å². The molecule has 0 saturated heterocycles. The summed E-state index contributed by atoms with van der Waals surface area (Å²) in [5.74, 6) is -0.378. The number of benzene rings is 3. The Balaban J connectivity index is 1.67. The van der Waals surface area contributed by atoms with E-state index in [2.05, 4.69) is 30.8 Å². The molecule has 0 fully saturated rings. The molecule has 0 N–H and O–H groups in total. The number of fused-ring (bicyclic) bond motifs is 1. The van der Waals surface area contributed by atoms with E-state index in [1.807, 2.05) is 30.3 Å². The summed E-state index contributed by atoms with van der Waals surface area (Å²) in [5, 5.41) is 0. The van der Waals surface area contributed by atoms with Gasteiger partial charge in [-0.15, -0.1) is 0 Å². The molecule has 0 atom stereocenters. The van der Waals surface area contributed by atoms with E-state index in [1.54, 1.807) is 12.1 Å². The molecule has 0 heterocycles. The molecule has 0 unspecified atom stereocenters. The van der Waals surface area contributed by atoms with Crippen LogP contribution in [0.15, 0.2) is 83.8 Å². The molecule has 7 heteroatoms. The molecule has 1 aliphatic rings. The van der Waals surface area contributed by atoms with Gasteiger partial charge >= 0.3 is 15.8 Å². The highest BCUT2D eigenvalue weighted by atomic mass is 32.2. The van der Waals surface area contributed by atoms with E-state index in [0.717, 1.165) is 18.4 Å². The van der Waals surface area contributed by atoms with Gasteiger partial charge in [0.25, 0.3) is 5.78 Å². The molecule has 1 aliphatic carbocycles. The number of ketones is 1. The van der Waals surface area contributed by atoms with Gasteiger partial charge in [0.2, 0.25) is 0 Å². The number of carbonyl (C=O) groups is 1. The lowest BCUT2D eigenvalue weighted by atomic mass is 9.70. The van der Waals surface area contributed by atoms with E-state index in [1.165, 1.54) is 35.9 Å². The maximum absolute atomic E-state index is 13.1. The Kier molecular flexibility index (Phi) is 6.33. The second kappa shape index (κ2) is 9.21. The van der Waals surface area contributed by atoms with Crippen LogP contribution in [0.2, 0.25) is 0 Å². The number of carbonyl (C=O) groups excluding carboxylic acids is 1. The van der Waals surface area contributed by atoms with E-state index >= 15 is 0 Å². The minimum Gasteiger partial charge on any atom is -0.379 e. The number of allylic oxidation sites excluding steroid dienone is 1. The molecular formula is C27H24N2O4S. The van der Waals surface area contributed by atoms with Gasteiger partial charge in [-0.1, -0.05) is 68.4 Å². The smallest absolute Gasteiger partial charge is 0.362 e. The van der Waals surface area contributed by atoms with Gasteiger partial charge in [-0.05, 0) is 48.2 Å². The highest BCUT2D eigenvalue weighted by Crippen LogP contribution is 2.39. The molecule has 6 nitrogen and oxygen atoms in total. The molecule has 0 aromatic heterocycles. The fourth-order valence-electron chi connectivity index (χ4n) is 4.58. The Morgan fingerprint density at radius 1 is 0.853 bits per heavy atom. The van der Waals surface area contributed by atoms with Crippen LogP contribution < -0.4 is 4.18 Å². The maximum Gasteiger partial charge on any atom is 0.362 e. The molecule has 0 radical (unpaired) electrons.